The molecule has 0 fully saturated rings. The van der Waals surface area contributed by atoms with Crippen LogP contribution in [0.2, 0.25) is 0 Å². The van der Waals surface area contributed by atoms with E-state index >= 15 is 0 Å². The lowest BCUT2D eigenvalue weighted by molar-refractivity contribution is -0.132. The number of ether oxygens (including phenoxy) is 1. The number of carbonyl (C=O) groups is 1. The Morgan fingerprint density at radius 2 is 2.23 bits per heavy atom. The van der Waals surface area contributed by atoms with Gasteiger partial charge in [-0.2, -0.15) is 0 Å². The summed E-state index contributed by atoms with van der Waals surface area (Å²) in [6, 6.07) is 0. The van der Waals surface area contributed by atoms with Crippen molar-refractivity contribution in [3.63, 3.8) is 0 Å². The molecule has 4 nitrogen and oxygen atoms in total. The van der Waals surface area contributed by atoms with Gasteiger partial charge in [-0.05, 0) is 14.0 Å². The fourth-order valence-corrected chi connectivity index (χ4v) is 0.718. The second-order valence-corrected chi connectivity index (χ2v) is 2.95. The molecule has 0 aliphatic rings. The average molecular weight is 187 g/mol. The lowest BCUT2D eigenvalue weighted by Crippen LogP contribution is -2.23. The fraction of sp³-hybridized carbons (Fsp3) is 0.667. The molecule has 0 bridgehead atoms. The number of hydrogen-bond donors (Lipinski definition) is 1. The van der Waals surface area contributed by atoms with Crippen LogP contribution in [-0.4, -0.2) is 49.8 Å². The van der Waals surface area contributed by atoms with Gasteiger partial charge < -0.3 is 14.7 Å². The summed E-state index contributed by atoms with van der Waals surface area (Å²) in [6.45, 7) is 3.70. The molecule has 0 unspecified atom stereocenters. The maximum atomic E-state index is 10.4. The van der Waals surface area contributed by atoms with Crippen molar-refractivity contribution < 1.29 is 14.6 Å². The van der Waals surface area contributed by atoms with Crippen molar-refractivity contribution in [2.24, 2.45) is 0 Å². The minimum Gasteiger partial charge on any atom is -0.478 e. The van der Waals surface area contributed by atoms with Crippen molar-refractivity contribution >= 4 is 5.97 Å². The zero-order chi connectivity index (χ0) is 10.3. The number of likely N-dealkylation sites (N-methyl/N-ethyl adjacent to an activating group) is 1. The van der Waals surface area contributed by atoms with Crippen LogP contribution in [0.15, 0.2) is 11.6 Å². The van der Waals surface area contributed by atoms with E-state index in [1.54, 1.807) is 20.1 Å². The summed E-state index contributed by atoms with van der Waals surface area (Å²) in [4.78, 5) is 12.4. The Bertz CT molecular complexity index is 189. The molecule has 0 saturated carbocycles. The molecule has 4 heteroatoms. The van der Waals surface area contributed by atoms with Gasteiger partial charge in [0.1, 0.15) is 0 Å². The Balaban J connectivity index is 3.73. The Morgan fingerprint density at radius 1 is 1.62 bits per heavy atom. The van der Waals surface area contributed by atoms with Gasteiger partial charge in [0, 0.05) is 25.8 Å². The number of hydrogen-bond acceptors (Lipinski definition) is 3. The van der Waals surface area contributed by atoms with Crippen LogP contribution in [0.25, 0.3) is 0 Å². The number of rotatable bonds is 6. The molecule has 0 spiro atoms. The molecule has 0 radical (unpaired) electrons. The van der Waals surface area contributed by atoms with E-state index < -0.39 is 5.97 Å². The third kappa shape index (κ3) is 6.31. The molecule has 76 valence electrons. The van der Waals surface area contributed by atoms with E-state index in [4.69, 9.17) is 9.84 Å². The minimum atomic E-state index is -0.861. The van der Waals surface area contributed by atoms with E-state index in [1.165, 1.54) is 0 Å². The molecular weight excluding hydrogens is 170 g/mol. The SMILES string of the molecule is COCCN(C)CC=C(C)C(=O)O. The van der Waals surface area contributed by atoms with Gasteiger partial charge >= 0.3 is 5.97 Å². The number of aliphatic carboxylic acids is 1. The minimum absolute atomic E-state index is 0.379. The molecule has 0 atom stereocenters. The first kappa shape index (κ1) is 12.1. The van der Waals surface area contributed by atoms with Crippen molar-refractivity contribution in [1.82, 2.24) is 4.90 Å². The van der Waals surface area contributed by atoms with Gasteiger partial charge in [0.25, 0.3) is 0 Å². The van der Waals surface area contributed by atoms with Gasteiger partial charge in [0.05, 0.1) is 6.61 Å². The van der Waals surface area contributed by atoms with Crippen molar-refractivity contribution in [2.75, 3.05) is 33.9 Å². The second-order valence-electron chi connectivity index (χ2n) is 2.95. The molecule has 1 N–H and O–H groups in total. The summed E-state index contributed by atoms with van der Waals surface area (Å²) in [7, 11) is 3.57. The Morgan fingerprint density at radius 3 is 2.69 bits per heavy atom. The van der Waals surface area contributed by atoms with Gasteiger partial charge in [0.2, 0.25) is 0 Å². The second kappa shape index (κ2) is 6.62. The Labute approximate surface area is 78.8 Å². The van der Waals surface area contributed by atoms with Crippen LogP contribution in [0.4, 0.5) is 0 Å². The number of carboxylic acids is 1. The first-order chi connectivity index (χ1) is 6.07. The van der Waals surface area contributed by atoms with Crippen molar-refractivity contribution in [3.05, 3.63) is 11.6 Å². The van der Waals surface area contributed by atoms with Crippen molar-refractivity contribution in [2.45, 2.75) is 6.92 Å². The van der Waals surface area contributed by atoms with Crippen molar-refractivity contribution in [3.8, 4) is 0 Å². The normalized spacial score (nSPS) is 12.2. The molecule has 0 aromatic heterocycles. The highest BCUT2D eigenvalue weighted by Crippen LogP contribution is 1.93. The highest BCUT2D eigenvalue weighted by atomic mass is 16.5. The first-order valence-corrected chi connectivity index (χ1v) is 4.15. The van der Waals surface area contributed by atoms with Crippen molar-refractivity contribution in [1.29, 1.82) is 0 Å². The number of carboxylic acid groups (broad SMARTS) is 1. The fourth-order valence-electron chi connectivity index (χ4n) is 0.718. The summed E-state index contributed by atoms with van der Waals surface area (Å²) in [5, 5.41) is 8.56. The predicted octanol–water partition coefficient (Wildman–Crippen LogP) is 0.596. The van der Waals surface area contributed by atoms with Gasteiger partial charge in [-0.25, -0.2) is 4.79 Å². The number of methoxy groups -OCH3 is 1. The topological polar surface area (TPSA) is 49.8 Å². The van der Waals surface area contributed by atoms with Crippen LogP contribution in [0.1, 0.15) is 6.92 Å². The highest BCUT2D eigenvalue weighted by Gasteiger charge is 2.00. The van der Waals surface area contributed by atoms with E-state index in [-0.39, 0.29) is 0 Å². The maximum absolute atomic E-state index is 10.4. The van der Waals surface area contributed by atoms with E-state index in [0.717, 1.165) is 6.54 Å². The van der Waals surface area contributed by atoms with E-state index in [0.29, 0.717) is 18.7 Å². The van der Waals surface area contributed by atoms with E-state index in [9.17, 15) is 4.79 Å². The molecule has 13 heavy (non-hydrogen) atoms. The van der Waals surface area contributed by atoms with Gasteiger partial charge in [-0.3, -0.25) is 0 Å². The van der Waals surface area contributed by atoms with Gasteiger partial charge in [-0.1, -0.05) is 6.08 Å². The molecule has 0 aromatic rings. The standard InChI is InChI=1S/C9H17NO3/c1-8(9(11)12)4-5-10(2)6-7-13-3/h4H,5-7H2,1-3H3,(H,11,12). The Kier molecular flexibility index (Phi) is 6.18. The lowest BCUT2D eigenvalue weighted by atomic mass is 10.3. The summed E-state index contributed by atoms with van der Waals surface area (Å²) in [5.74, 6) is -0.861. The molecule has 0 aromatic carbocycles. The summed E-state index contributed by atoms with van der Waals surface area (Å²) in [5.41, 5.74) is 0.379. The first-order valence-electron chi connectivity index (χ1n) is 4.15. The monoisotopic (exact) mass is 187 g/mol. The zero-order valence-electron chi connectivity index (χ0n) is 8.41. The molecule has 0 rings (SSSR count). The van der Waals surface area contributed by atoms with E-state index in [1.807, 2.05) is 11.9 Å². The van der Waals surface area contributed by atoms with Crippen LogP contribution in [0.5, 0.6) is 0 Å². The van der Waals surface area contributed by atoms with Crippen LogP contribution in [-0.2, 0) is 9.53 Å². The maximum Gasteiger partial charge on any atom is 0.330 e. The molecular formula is C9H17NO3. The summed E-state index contributed by atoms with van der Waals surface area (Å²) < 4.78 is 4.89. The molecule has 0 saturated heterocycles. The smallest absolute Gasteiger partial charge is 0.330 e. The quantitative estimate of drug-likeness (QED) is 0.618. The van der Waals surface area contributed by atoms with Crippen LogP contribution in [0.3, 0.4) is 0 Å². The third-order valence-electron chi connectivity index (χ3n) is 1.72. The summed E-state index contributed by atoms with van der Waals surface area (Å²) >= 11 is 0. The molecule has 0 heterocycles. The third-order valence-corrected chi connectivity index (χ3v) is 1.72. The molecule has 0 aliphatic heterocycles. The largest absolute Gasteiger partial charge is 0.478 e. The zero-order valence-corrected chi connectivity index (χ0v) is 8.41. The average Bonchev–Trinajstić information content (AvgIpc) is 2.10. The lowest BCUT2D eigenvalue weighted by Gasteiger charge is -2.13. The highest BCUT2D eigenvalue weighted by molar-refractivity contribution is 5.85. The van der Waals surface area contributed by atoms with Gasteiger partial charge in [0.15, 0.2) is 0 Å². The van der Waals surface area contributed by atoms with E-state index in [2.05, 4.69) is 0 Å². The summed E-state index contributed by atoms with van der Waals surface area (Å²) in [6.07, 6.45) is 1.69. The number of nitrogens with zero attached hydrogens (tertiary/aromatic N) is 1. The van der Waals surface area contributed by atoms with Gasteiger partial charge in [-0.15, -0.1) is 0 Å². The molecule has 0 amide bonds. The van der Waals surface area contributed by atoms with Crippen LogP contribution < -0.4 is 0 Å². The Hall–Kier alpha value is -0.870. The predicted molar refractivity (Wildman–Crippen MR) is 50.8 cm³/mol. The van der Waals surface area contributed by atoms with Crippen LogP contribution in [0, 0.1) is 0 Å². The van der Waals surface area contributed by atoms with Crippen LogP contribution >= 0.6 is 0 Å². The molecule has 0 aliphatic carbocycles.